The highest BCUT2D eigenvalue weighted by atomic mass is 127. The average Bonchev–Trinajstić information content (AvgIpc) is 3.51. The van der Waals surface area contributed by atoms with E-state index in [1.54, 1.807) is 20.5 Å². The SMILES string of the molecule is CCc1nncn1CCNC(=NCC(c1cccc(OC)c1)N1CCCC1)NCCOC.I. The molecule has 1 aromatic carbocycles. The molecule has 1 atom stereocenters. The molecule has 0 spiro atoms. The van der Waals surface area contributed by atoms with Crippen LogP contribution in [0.1, 0.15) is 37.2 Å². The smallest absolute Gasteiger partial charge is 0.191 e. The van der Waals surface area contributed by atoms with E-state index >= 15 is 0 Å². The van der Waals surface area contributed by atoms with Gasteiger partial charge in [0.25, 0.3) is 0 Å². The van der Waals surface area contributed by atoms with Gasteiger partial charge in [-0.2, -0.15) is 0 Å². The number of hydrogen-bond acceptors (Lipinski definition) is 6. The molecule has 1 unspecified atom stereocenters. The molecule has 10 heteroatoms. The fourth-order valence-electron chi connectivity index (χ4n) is 3.99. The number of hydrogen-bond donors (Lipinski definition) is 2. The van der Waals surface area contributed by atoms with E-state index in [2.05, 4.69) is 55.4 Å². The van der Waals surface area contributed by atoms with Crippen LogP contribution in [0.5, 0.6) is 5.75 Å². The minimum absolute atomic E-state index is 0. The van der Waals surface area contributed by atoms with E-state index in [0.717, 1.165) is 50.1 Å². The number of ether oxygens (including phenoxy) is 2. The highest BCUT2D eigenvalue weighted by Crippen LogP contribution is 2.27. The Balaban J connectivity index is 0.00000385. The third kappa shape index (κ3) is 8.42. The van der Waals surface area contributed by atoms with Gasteiger partial charge in [-0.1, -0.05) is 19.1 Å². The molecule has 0 amide bonds. The van der Waals surface area contributed by atoms with Gasteiger partial charge in [0.05, 0.1) is 26.3 Å². The van der Waals surface area contributed by atoms with Gasteiger partial charge in [-0.15, -0.1) is 34.2 Å². The standard InChI is InChI=1S/C23H37N7O2.HI/c1-4-22-28-27-18-30(22)14-10-24-23(25-11-15-31-2)26-17-21(29-12-5-6-13-29)19-8-7-9-20(16-19)32-3;/h7-9,16,18,21H,4-6,10-15,17H2,1-3H3,(H2,24,25,26);1H. The van der Waals surface area contributed by atoms with Crippen molar-refractivity contribution in [2.24, 2.45) is 4.99 Å². The van der Waals surface area contributed by atoms with E-state index < -0.39 is 0 Å². The quantitative estimate of drug-likeness (QED) is 0.175. The van der Waals surface area contributed by atoms with Crippen LogP contribution in [0.3, 0.4) is 0 Å². The minimum atomic E-state index is 0. The second-order valence-corrected chi connectivity index (χ2v) is 7.87. The molecule has 2 N–H and O–H groups in total. The Morgan fingerprint density at radius 1 is 1.18 bits per heavy atom. The first-order valence-electron chi connectivity index (χ1n) is 11.5. The Bertz CT molecular complexity index is 840. The fraction of sp³-hybridized carbons (Fsp3) is 0.609. The summed E-state index contributed by atoms with van der Waals surface area (Å²) in [6, 6.07) is 8.56. The van der Waals surface area contributed by atoms with Crippen molar-refractivity contribution in [1.82, 2.24) is 30.3 Å². The van der Waals surface area contributed by atoms with Crippen LogP contribution in [0.25, 0.3) is 0 Å². The van der Waals surface area contributed by atoms with E-state index in [-0.39, 0.29) is 30.0 Å². The lowest BCUT2D eigenvalue weighted by Crippen LogP contribution is -2.41. The zero-order valence-corrected chi connectivity index (χ0v) is 22.3. The van der Waals surface area contributed by atoms with Crippen molar-refractivity contribution < 1.29 is 9.47 Å². The normalized spacial score (nSPS) is 15.2. The van der Waals surface area contributed by atoms with Crippen LogP contribution in [0.4, 0.5) is 0 Å². The molecular weight excluding hydrogens is 533 g/mol. The Hall–Kier alpha value is -1.92. The summed E-state index contributed by atoms with van der Waals surface area (Å²) >= 11 is 0. The molecule has 184 valence electrons. The lowest BCUT2D eigenvalue weighted by molar-refractivity contribution is 0.203. The van der Waals surface area contributed by atoms with Crippen molar-refractivity contribution in [2.45, 2.75) is 38.8 Å². The van der Waals surface area contributed by atoms with E-state index in [1.165, 1.54) is 18.4 Å². The number of likely N-dealkylation sites (tertiary alicyclic amines) is 1. The first kappa shape index (κ1) is 27.3. The zero-order valence-electron chi connectivity index (χ0n) is 20.0. The van der Waals surface area contributed by atoms with Gasteiger partial charge in [-0.05, 0) is 43.6 Å². The molecule has 0 bridgehead atoms. The molecule has 3 rings (SSSR count). The average molecular weight is 572 g/mol. The number of methoxy groups -OCH3 is 2. The molecule has 1 aromatic heterocycles. The number of rotatable bonds is 12. The minimum Gasteiger partial charge on any atom is -0.497 e. The summed E-state index contributed by atoms with van der Waals surface area (Å²) in [7, 11) is 3.42. The topological polar surface area (TPSA) is 88.8 Å². The Morgan fingerprint density at radius 3 is 2.70 bits per heavy atom. The van der Waals surface area contributed by atoms with Gasteiger partial charge < -0.3 is 24.7 Å². The van der Waals surface area contributed by atoms with Crippen molar-refractivity contribution >= 4 is 29.9 Å². The molecule has 1 fully saturated rings. The first-order chi connectivity index (χ1) is 15.7. The van der Waals surface area contributed by atoms with Crippen LogP contribution >= 0.6 is 24.0 Å². The lowest BCUT2D eigenvalue weighted by atomic mass is 10.1. The number of aromatic nitrogens is 3. The molecule has 9 nitrogen and oxygen atoms in total. The summed E-state index contributed by atoms with van der Waals surface area (Å²) in [5.41, 5.74) is 1.24. The number of benzene rings is 1. The van der Waals surface area contributed by atoms with Gasteiger partial charge in [0.1, 0.15) is 17.9 Å². The van der Waals surface area contributed by atoms with Crippen molar-refractivity contribution in [1.29, 1.82) is 0 Å². The summed E-state index contributed by atoms with van der Waals surface area (Å²) in [5, 5.41) is 15.0. The predicted molar refractivity (Wildman–Crippen MR) is 142 cm³/mol. The number of aryl methyl sites for hydroxylation is 1. The molecule has 0 aliphatic carbocycles. The Labute approximate surface area is 214 Å². The van der Waals surface area contributed by atoms with Crippen LogP contribution in [-0.2, 0) is 17.7 Å². The predicted octanol–water partition coefficient (Wildman–Crippen LogP) is 2.49. The number of guanidine groups is 1. The van der Waals surface area contributed by atoms with Gasteiger partial charge in [-0.3, -0.25) is 9.89 Å². The number of halogens is 1. The highest BCUT2D eigenvalue weighted by molar-refractivity contribution is 14.0. The zero-order chi connectivity index (χ0) is 22.6. The molecule has 2 heterocycles. The van der Waals surface area contributed by atoms with Gasteiger partial charge in [0, 0.05) is 33.2 Å². The van der Waals surface area contributed by atoms with E-state index in [9.17, 15) is 0 Å². The molecule has 1 aliphatic rings. The first-order valence-corrected chi connectivity index (χ1v) is 11.5. The van der Waals surface area contributed by atoms with Crippen LogP contribution in [0.15, 0.2) is 35.6 Å². The van der Waals surface area contributed by atoms with Gasteiger partial charge in [-0.25, -0.2) is 0 Å². The second-order valence-electron chi connectivity index (χ2n) is 7.87. The van der Waals surface area contributed by atoms with Gasteiger partial charge in [0.2, 0.25) is 0 Å². The number of aliphatic imine (C=N–C) groups is 1. The van der Waals surface area contributed by atoms with E-state index in [4.69, 9.17) is 14.5 Å². The number of nitrogens with zero attached hydrogens (tertiary/aromatic N) is 5. The largest absolute Gasteiger partial charge is 0.497 e. The lowest BCUT2D eigenvalue weighted by Gasteiger charge is -2.27. The Kier molecular flexibility index (Phi) is 12.5. The van der Waals surface area contributed by atoms with Crippen molar-refractivity contribution in [3.63, 3.8) is 0 Å². The van der Waals surface area contributed by atoms with Crippen molar-refractivity contribution in [3.05, 3.63) is 42.0 Å². The van der Waals surface area contributed by atoms with E-state index in [0.29, 0.717) is 19.7 Å². The Morgan fingerprint density at radius 2 is 1.97 bits per heavy atom. The van der Waals surface area contributed by atoms with Crippen LogP contribution < -0.4 is 15.4 Å². The summed E-state index contributed by atoms with van der Waals surface area (Å²) < 4.78 is 12.7. The van der Waals surface area contributed by atoms with Crippen LogP contribution in [-0.4, -0.2) is 79.2 Å². The van der Waals surface area contributed by atoms with E-state index in [1.807, 2.05) is 6.07 Å². The number of nitrogens with one attached hydrogen (secondary N) is 2. The third-order valence-corrected chi connectivity index (χ3v) is 5.74. The molecular formula is C23H38IN7O2. The molecule has 0 saturated carbocycles. The second kappa shape index (κ2) is 15.1. The van der Waals surface area contributed by atoms with Gasteiger partial charge >= 0.3 is 0 Å². The summed E-state index contributed by atoms with van der Waals surface area (Å²) in [5.74, 6) is 2.66. The van der Waals surface area contributed by atoms with Crippen LogP contribution in [0.2, 0.25) is 0 Å². The maximum atomic E-state index is 5.46. The fourth-order valence-corrected chi connectivity index (χ4v) is 3.99. The summed E-state index contributed by atoms with van der Waals surface area (Å²) in [6.07, 6.45) is 5.12. The van der Waals surface area contributed by atoms with Gasteiger partial charge in [0.15, 0.2) is 5.96 Å². The summed E-state index contributed by atoms with van der Waals surface area (Å²) in [6.45, 7) is 7.80. The molecule has 33 heavy (non-hydrogen) atoms. The van der Waals surface area contributed by atoms with Crippen LogP contribution in [0, 0.1) is 0 Å². The van der Waals surface area contributed by atoms with Crippen molar-refractivity contribution in [3.8, 4) is 5.75 Å². The molecule has 2 aromatic rings. The molecule has 0 radical (unpaired) electrons. The monoisotopic (exact) mass is 571 g/mol. The molecule has 1 saturated heterocycles. The summed E-state index contributed by atoms with van der Waals surface area (Å²) in [4.78, 5) is 7.47. The highest BCUT2D eigenvalue weighted by Gasteiger charge is 2.23. The maximum Gasteiger partial charge on any atom is 0.191 e. The maximum absolute atomic E-state index is 5.46. The molecule has 1 aliphatic heterocycles. The van der Waals surface area contributed by atoms with Crippen molar-refractivity contribution in [2.75, 3.05) is 53.6 Å². The third-order valence-electron chi connectivity index (χ3n) is 5.74.